The molecule has 0 unspecified atom stereocenters. The van der Waals surface area contributed by atoms with Gasteiger partial charge in [-0.05, 0) is 5.53 Å². The van der Waals surface area contributed by atoms with Crippen molar-refractivity contribution in [2.45, 2.75) is 0 Å². The largest absolute Gasteiger partial charge is 0.395 e. The van der Waals surface area contributed by atoms with Crippen molar-refractivity contribution in [1.82, 2.24) is 5.32 Å². The number of nitrogens with one attached hydrogen (secondary N) is 1. The Bertz CT molecular complexity index is 136. The Morgan fingerprint density at radius 3 is 2.92 bits per heavy atom. The number of nitrogens with zero attached hydrogens (tertiary/aromatic N) is 3. The monoisotopic (exact) mass is 174 g/mol. The number of hydrogen-bond acceptors (Lipinski definition) is 4. The molecule has 0 bridgehead atoms. The summed E-state index contributed by atoms with van der Waals surface area (Å²) in [5, 5.41) is 14.6. The summed E-state index contributed by atoms with van der Waals surface area (Å²) in [5.41, 5.74) is 7.90. The van der Waals surface area contributed by atoms with Crippen LogP contribution in [0.3, 0.4) is 0 Å². The summed E-state index contributed by atoms with van der Waals surface area (Å²) in [5.74, 6) is 0. The number of hydrogen-bond donors (Lipinski definition) is 2. The molecule has 0 saturated heterocycles. The highest BCUT2D eigenvalue weighted by Gasteiger charge is 1.86. The normalized spacial score (nSPS) is 9.42. The second-order valence-corrected chi connectivity index (χ2v) is 2.04. The van der Waals surface area contributed by atoms with Gasteiger partial charge < -0.3 is 15.2 Å². The van der Waals surface area contributed by atoms with E-state index >= 15 is 0 Å². The Morgan fingerprint density at radius 1 is 1.42 bits per heavy atom. The van der Waals surface area contributed by atoms with Crippen LogP contribution in [0.2, 0.25) is 0 Å². The molecule has 0 aliphatic rings. The topological polar surface area (TPSA) is 90.3 Å². The lowest BCUT2D eigenvalue weighted by Crippen LogP contribution is -2.23. The van der Waals surface area contributed by atoms with E-state index in [0.29, 0.717) is 32.8 Å². The molecule has 0 saturated carbocycles. The Labute approximate surface area is 71.2 Å². The zero-order valence-electron chi connectivity index (χ0n) is 6.94. The van der Waals surface area contributed by atoms with Crippen LogP contribution in [0.4, 0.5) is 0 Å². The molecule has 0 amide bonds. The quantitative estimate of drug-likeness (QED) is 0.233. The number of ether oxygens (including phenoxy) is 1. The summed E-state index contributed by atoms with van der Waals surface area (Å²) in [6.07, 6.45) is 0. The van der Waals surface area contributed by atoms with E-state index in [1.807, 2.05) is 0 Å². The van der Waals surface area contributed by atoms with Gasteiger partial charge in [0.1, 0.15) is 0 Å². The Kier molecular flexibility index (Phi) is 9.50. The minimum atomic E-state index is 0.138. The molecule has 6 nitrogen and oxygen atoms in total. The number of aliphatic hydroxyl groups excluding tert-OH is 1. The SMILES string of the molecule is [N-]=[N+]=NCCOCCNCCO. The average molecular weight is 174 g/mol. The van der Waals surface area contributed by atoms with E-state index in [1.54, 1.807) is 0 Å². The van der Waals surface area contributed by atoms with Crippen molar-refractivity contribution in [2.24, 2.45) is 5.11 Å². The molecule has 0 radical (unpaired) electrons. The Hall–Kier alpha value is -0.810. The maximum atomic E-state index is 8.38. The molecular formula is C6H14N4O2. The van der Waals surface area contributed by atoms with Crippen LogP contribution in [0.15, 0.2) is 5.11 Å². The van der Waals surface area contributed by atoms with Crippen molar-refractivity contribution in [1.29, 1.82) is 0 Å². The molecule has 0 fully saturated rings. The first kappa shape index (κ1) is 11.2. The minimum Gasteiger partial charge on any atom is -0.395 e. The summed E-state index contributed by atoms with van der Waals surface area (Å²) < 4.78 is 5.07. The van der Waals surface area contributed by atoms with Crippen LogP contribution in [-0.2, 0) is 4.74 Å². The number of rotatable bonds is 8. The van der Waals surface area contributed by atoms with Gasteiger partial charge in [0.2, 0.25) is 0 Å². The average Bonchev–Trinajstić information content (AvgIpc) is 2.10. The fourth-order valence-electron chi connectivity index (χ4n) is 0.601. The molecule has 0 atom stereocenters. The van der Waals surface area contributed by atoms with Gasteiger partial charge >= 0.3 is 0 Å². The lowest BCUT2D eigenvalue weighted by Gasteiger charge is -2.02. The molecule has 0 aromatic heterocycles. The Balaban J connectivity index is 2.86. The van der Waals surface area contributed by atoms with Gasteiger partial charge in [-0.15, -0.1) is 0 Å². The predicted molar refractivity (Wildman–Crippen MR) is 44.8 cm³/mol. The van der Waals surface area contributed by atoms with E-state index in [1.165, 1.54) is 0 Å². The van der Waals surface area contributed by atoms with E-state index in [2.05, 4.69) is 15.3 Å². The van der Waals surface area contributed by atoms with Crippen LogP contribution in [0.5, 0.6) is 0 Å². The second kappa shape index (κ2) is 10.2. The molecule has 0 spiro atoms. The van der Waals surface area contributed by atoms with Crippen molar-refractivity contribution < 1.29 is 9.84 Å². The van der Waals surface area contributed by atoms with Gasteiger partial charge in [-0.25, -0.2) is 0 Å². The first-order chi connectivity index (χ1) is 5.91. The molecule has 70 valence electrons. The van der Waals surface area contributed by atoms with Crippen LogP contribution in [0.25, 0.3) is 10.4 Å². The van der Waals surface area contributed by atoms with Gasteiger partial charge in [-0.1, -0.05) is 5.11 Å². The highest BCUT2D eigenvalue weighted by molar-refractivity contribution is 4.46. The lowest BCUT2D eigenvalue weighted by atomic mass is 10.6. The fraction of sp³-hybridized carbons (Fsp3) is 1.00. The second-order valence-electron chi connectivity index (χ2n) is 2.04. The van der Waals surface area contributed by atoms with E-state index in [4.69, 9.17) is 15.4 Å². The summed E-state index contributed by atoms with van der Waals surface area (Å²) in [6, 6.07) is 0. The van der Waals surface area contributed by atoms with Gasteiger partial charge in [0, 0.05) is 24.5 Å². The zero-order valence-corrected chi connectivity index (χ0v) is 6.94. The van der Waals surface area contributed by atoms with E-state index in [9.17, 15) is 0 Å². The summed E-state index contributed by atoms with van der Waals surface area (Å²) in [7, 11) is 0. The molecule has 2 N–H and O–H groups in total. The smallest absolute Gasteiger partial charge is 0.0590 e. The predicted octanol–water partition coefficient (Wildman–Crippen LogP) is -0.105. The van der Waals surface area contributed by atoms with Gasteiger partial charge in [-0.3, -0.25) is 0 Å². The molecule has 0 rings (SSSR count). The van der Waals surface area contributed by atoms with Crippen molar-refractivity contribution >= 4 is 0 Å². The number of azide groups is 1. The third kappa shape index (κ3) is 9.19. The van der Waals surface area contributed by atoms with Crippen molar-refractivity contribution in [3.63, 3.8) is 0 Å². The maximum Gasteiger partial charge on any atom is 0.0590 e. The van der Waals surface area contributed by atoms with Crippen LogP contribution >= 0.6 is 0 Å². The van der Waals surface area contributed by atoms with Crippen molar-refractivity contribution in [3.05, 3.63) is 10.4 Å². The third-order valence-corrected chi connectivity index (χ3v) is 1.11. The molecule has 0 aliphatic heterocycles. The highest BCUT2D eigenvalue weighted by Crippen LogP contribution is 1.76. The minimum absolute atomic E-state index is 0.138. The Morgan fingerprint density at radius 2 is 2.25 bits per heavy atom. The van der Waals surface area contributed by atoms with E-state index in [0.717, 1.165) is 0 Å². The molecule has 0 aliphatic carbocycles. The highest BCUT2D eigenvalue weighted by atomic mass is 16.5. The van der Waals surface area contributed by atoms with Gasteiger partial charge in [-0.2, -0.15) is 0 Å². The first-order valence-corrected chi connectivity index (χ1v) is 3.82. The van der Waals surface area contributed by atoms with Crippen LogP contribution in [0, 0.1) is 0 Å². The van der Waals surface area contributed by atoms with Crippen LogP contribution in [-0.4, -0.2) is 44.6 Å². The van der Waals surface area contributed by atoms with E-state index in [-0.39, 0.29) is 6.61 Å². The van der Waals surface area contributed by atoms with Gasteiger partial charge in [0.25, 0.3) is 0 Å². The lowest BCUT2D eigenvalue weighted by molar-refractivity contribution is 0.142. The fourth-order valence-corrected chi connectivity index (χ4v) is 0.601. The summed E-state index contributed by atoms with van der Waals surface area (Å²) in [6.45, 7) is 2.82. The molecule has 6 heteroatoms. The van der Waals surface area contributed by atoms with Gasteiger partial charge in [0.15, 0.2) is 0 Å². The molecular weight excluding hydrogens is 160 g/mol. The standard InChI is InChI=1S/C6H14N4O2/c7-10-9-3-6-12-5-2-8-1-4-11/h8,11H,1-6H2. The number of aliphatic hydroxyl groups is 1. The third-order valence-electron chi connectivity index (χ3n) is 1.11. The molecule has 12 heavy (non-hydrogen) atoms. The van der Waals surface area contributed by atoms with Gasteiger partial charge in [0.05, 0.1) is 19.8 Å². The summed E-state index contributed by atoms with van der Waals surface area (Å²) in [4.78, 5) is 2.58. The maximum absolute atomic E-state index is 8.38. The summed E-state index contributed by atoms with van der Waals surface area (Å²) >= 11 is 0. The zero-order chi connectivity index (χ0) is 9.07. The van der Waals surface area contributed by atoms with Crippen molar-refractivity contribution in [2.75, 3.05) is 39.5 Å². The van der Waals surface area contributed by atoms with Crippen LogP contribution in [0.1, 0.15) is 0 Å². The molecule has 0 heterocycles. The van der Waals surface area contributed by atoms with E-state index < -0.39 is 0 Å². The molecule has 0 aromatic carbocycles. The first-order valence-electron chi connectivity index (χ1n) is 3.82. The van der Waals surface area contributed by atoms with Crippen LogP contribution < -0.4 is 5.32 Å². The molecule has 0 aromatic rings. The van der Waals surface area contributed by atoms with Crippen molar-refractivity contribution in [3.8, 4) is 0 Å².